The minimum atomic E-state index is -0.0600. The zero-order valence-electron chi connectivity index (χ0n) is 15.0. The zero-order chi connectivity index (χ0) is 17.8. The summed E-state index contributed by atoms with van der Waals surface area (Å²) < 4.78 is 1.67. The topological polar surface area (TPSA) is 88.0 Å². The van der Waals surface area contributed by atoms with Gasteiger partial charge < -0.3 is 15.5 Å². The van der Waals surface area contributed by atoms with Crippen LogP contribution < -0.4 is 15.5 Å². The van der Waals surface area contributed by atoms with Crippen LogP contribution in [0.4, 0.5) is 11.6 Å². The van der Waals surface area contributed by atoms with Crippen LogP contribution in [0, 0.1) is 13.8 Å². The van der Waals surface area contributed by atoms with Crippen molar-refractivity contribution in [3.63, 3.8) is 0 Å². The predicted molar refractivity (Wildman–Crippen MR) is 96.6 cm³/mol. The van der Waals surface area contributed by atoms with Gasteiger partial charge in [-0.25, -0.2) is 0 Å². The van der Waals surface area contributed by atoms with E-state index in [2.05, 4.69) is 30.8 Å². The van der Waals surface area contributed by atoms with Crippen molar-refractivity contribution in [2.45, 2.75) is 32.7 Å². The highest BCUT2D eigenvalue weighted by Gasteiger charge is 2.21. The Morgan fingerprint density at radius 3 is 2.80 bits per heavy atom. The predicted octanol–water partition coefficient (Wildman–Crippen LogP) is 1.02. The normalized spacial score (nSPS) is 17.6. The first-order valence-electron chi connectivity index (χ1n) is 8.60. The molecule has 1 saturated heterocycles. The second kappa shape index (κ2) is 7.60. The Labute approximate surface area is 147 Å². The minimum Gasteiger partial charge on any atom is -0.354 e. The Kier molecular flexibility index (Phi) is 5.28. The first-order valence-corrected chi connectivity index (χ1v) is 8.60. The number of hydrogen-bond acceptors (Lipinski definition) is 6. The molecular formula is C17H25N7O. The second-order valence-corrected chi connectivity index (χ2v) is 6.54. The van der Waals surface area contributed by atoms with Gasteiger partial charge in [-0.15, -0.1) is 5.10 Å². The van der Waals surface area contributed by atoms with E-state index in [-0.39, 0.29) is 18.5 Å². The van der Waals surface area contributed by atoms with Crippen LogP contribution in [0.5, 0.6) is 0 Å². The number of aryl methyl sites for hydroxylation is 3. The fourth-order valence-corrected chi connectivity index (χ4v) is 3.06. The smallest absolute Gasteiger partial charge is 0.239 e. The lowest BCUT2D eigenvalue weighted by atomic mass is 10.1. The quantitative estimate of drug-likeness (QED) is 0.843. The van der Waals surface area contributed by atoms with Crippen molar-refractivity contribution in [1.29, 1.82) is 0 Å². The summed E-state index contributed by atoms with van der Waals surface area (Å²) in [4.78, 5) is 14.4. The van der Waals surface area contributed by atoms with Crippen LogP contribution in [-0.4, -0.2) is 51.6 Å². The Hall–Kier alpha value is -2.48. The summed E-state index contributed by atoms with van der Waals surface area (Å²) in [7, 11) is 1.82. The van der Waals surface area contributed by atoms with E-state index in [1.165, 1.54) is 0 Å². The number of carbonyl (C=O) groups is 1. The fraction of sp³-hybridized carbons (Fsp3) is 0.529. The summed E-state index contributed by atoms with van der Waals surface area (Å²) in [5.74, 6) is 1.55. The van der Waals surface area contributed by atoms with Gasteiger partial charge in [0, 0.05) is 32.2 Å². The molecule has 134 valence electrons. The third kappa shape index (κ3) is 4.54. The first kappa shape index (κ1) is 17.3. The number of piperidine rings is 1. The van der Waals surface area contributed by atoms with Crippen molar-refractivity contribution in [3.05, 3.63) is 29.6 Å². The van der Waals surface area contributed by atoms with E-state index in [1.54, 1.807) is 4.68 Å². The van der Waals surface area contributed by atoms with Gasteiger partial charge in [0.2, 0.25) is 5.91 Å². The Balaban J connectivity index is 1.50. The molecule has 1 aliphatic rings. The van der Waals surface area contributed by atoms with Crippen LogP contribution in [-0.2, 0) is 11.8 Å². The number of rotatable bonds is 5. The summed E-state index contributed by atoms with van der Waals surface area (Å²) in [5.41, 5.74) is 1.80. The molecule has 8 nitrogen and oxygen atoms in total. The maximum Gasteiger partial charge on any atom is 0.239 e. The highest BCUT2D eigenvalue weighted by Crippen LogP contribution is 2.17. The lowest BCUT2D eigenvalue weighted by Gasteiger charge is -2.33. The Bertz CT molecular complexity index is 725. The number of hydrogen-bond donors (Lipinski definition) is 2. The largest absolute Gasteiger partial charge is 0.354 e. The number of carbonyl (C=O) groups excluding carboxylic acids is 1. The van der Waals surface area contributed by atoms with E-state index in [1.807, 2.05) is 39.1 Å². The molecule has 0 spiro atoms. The van der Waals surface area contributed by atoms with Crippen LogP contribution >= 0.6 is 0 Å². The summed E-state index contributed by atoms with van der Waals surface area (Å²) in [6, 6.07) is 6.09. The summed E-state index contributed by atoms with van der Waals surface area (Å²) in [5, 5.41) is 18.8. The molecule has 3 heterocycles. The monoisotopic (exact) mass is 343 g/mol. The standard InChI is InChI=1S/C17H25N7O/c1-12-6-7-15(21-20-12)24-8-4-5-14(11-24)18-10-17(25)19-16-9-13(2)22-23(16)3/h6-7,9,14,18H,4-5,8,10-11H2,1-3H3,(H,19,25)/t14-/m0/s1. The number of nitrogens with one attached hydrogen (secondary N) is 2. The van der Waals surface area contributed by atoms with Gasteiger partial charge in [-0.3, -0.25) is 9.48 Å². The van der Waals surface area contributed by atoms with Crippen LogP contribution in [0.25, 0.3) is 0 Å². The fourth-order valence-electron chi connectivity index (χ4n) is 3.06. The van der Waals surface area contributed by atoms with E-state index in [9.17, 15) is 4.79 Å². The van der Waals surface area contributed by atoms with Gasteiger partial charge in [-0.1, -0.05) is 0 Å². The number of anilines is 2. The van der Waals surface area contributed by atoms with Crippen LogP contribution in [0.3, 0.4) is 0 Å². The van der Waals surface area contributed by atoms with Crippen molar-refractivity contribution in [2.75, 3.05) is 29.9 Å². The molecule has 2 N–H and O–H groups in total. The number of amides is 1. The summed E-state index contributed by atoms with van der Waals surface area (Å²) in [6.45, 7) is 5.91. The highest BCUT2D eigenvalue weighted by atomic mass is 16.2. The summed E-state index contributed by atoms with van der Waals surface area (Å²) in [6.07, 6.45) is 2.11. The Morgan fingerprint density at radius 2 is 2.12 bits per heavy atom. The van der Waals surface area contributed by atoms with Crippen molar-refractivity contribution in [1.82, 2.24) is 25.3 Å². The van der Waals surface area contributed by atoms with Gasteiger partial charge >= 0.3 is 0 Å². The van der Waals surface area contributed by atoms with Crippen LogP contribution in [0.1, 0.15) is 24.2 Å². The van der Waals surface area contributed by atoms with Gasteiger partial charge in [0.15, 0.2) is 5.82 Å². The molecule has 0 unspecified atom stereocenters. The third-order valence-electron chi connectivity index (χ3n) is 4.35. The molecule has 1 atom stereocenters. The number of aromatic nitrogens is 4. The van der Waals surface area contributed by atoms with Crippen LogP contribution in [0.2, 0.25) is 0 Å². The molecule has 2 aromatic heterocycles. The maximum atomic E-state index is 12.2. The maximum absolute atomic E-state index is 12.2. The minimum absolute atomic E-state index is 0.0600. The molecule has 25 heavy (non-hydrogen) atoms. The van der Waals surface area contributed by atoms with E-state index < -0.39 is 0 Å². The highest BCUT2D eigenvalue weighted by molar-refractivity contribution is 5.91. The molecule has 1 aliphatic heterocycles. The van der Waals surface area contributed by atoms with Crippen molar-refractivity contribution < 1.29 is 4.79 Å². The molecule has 3 rings (SSSR count). The van der Waals surface area contributed by atoms with Crippen LogP contribution in [0.15, 0.2) is 18.2 Å². The molecule has 0 radical (unpaired) electrons. The van der Waals surface area contributed by atoms with E-state index in [0.29, 0.717) is 5.82 Å². The SMILES string of the molecule is Cc1ccc(N2CCC[C@H](NCC(=O)Nc3cc(C)nn3C)C2)nn1. The van der Waals surface area contributed by atoms with Gasteiger partial charge in [0.05, 0.1) is 17.9 Å². The van der Waals surface area contributed by atoms with E-state index >= 15 is 0 Å². The molecule has 0 aromatic carbocycles. The molecular weight excluding hydrogens is 318 g/mol. The van der Waals surface area contributed by atoms with Gasteiger partial charge in [0.25, 0.3) is 0 Å². The van der Waals surface area contributed by atoms with E-state index in [0.717, 1.165) is 43.1 Å². The van der Waals surface area contributed by atoms with E-state index in [4.69, 9.17) is 0 Å². The molecule has 0 bridgehead atoms. The third-order valence-corrected chi connectivity index (χ3v) is 4.35. The second-order valence-electron chi connectivity index (χ2n) is 6.54. The van der Waals surface area contributed by atoms with Crippen molar-refractivity contribution in [2.24, 2.45) is 7.05 Å². The average molecular weight is 343 g/mol. The number of nitrogens with zero attached hydrogens (tertiary/aromatic N) is 5. The van der Waals surface area contributed by atoms with Gasteiger partial charge in [-0.2, -0.15) is 10.2 Å². The zero-order valence-corrected chi connectivity index (χ0v) is 15.0. The first-order chi connectivity index (χ1) is 12.0. The van der Waals surface area contributed by atoms with Gasteiger partial charge in [-0.05, 0) is 38.8 Å². The molecule has 8 heteroatoms. The lowest BCUT2D eigenvalue weighted by Crippen LogP contribution is -2.48. The van der Waals surface area contributed by atoms with Gasteiger partial charge in [0.1, 0.15) is 5.82 Å². The molecule has 0 aliphatic carbocycles. The molecule has 1 fully saturated rings. The molecule has 1 amide bonds. The lowest BCUT2D eigenvalue weighted by molar-refractivity contribution is -0.115. The Morgan fingerprint density at radius 1 is 1.28 bits per heavy atom. The van der Waals surface area contributed by atoms with Crippen molar-refractivity contribution in [3.8, 4) is 0 Å². The summed E-state index contributed by atoms with van der Waals surface area (Å²) >= 11 is 0. The molecule has 0 saturated carbocycles. The molecule has 2 aromatic rings. The average Bonchev–Trinajstić information content (AvgIpc) is 2.91. The van der Waals surface area contributed by atoms with Crippen molar-refractivity contribution >= 4 is 17.5 Å².